The quantitative estimate of drug-likeness (QED) is 0.175. The second-order valence-corrected chi connectivity index (χ2v) is 15.8. The summed E-state index contributed by atoms with van der Waals surface area (Å²) in [6.07, 6.45) is 14.7. The summed E-state index contributed by atoms with van der Waals surface area (Å²) in [6.45, 7) is 12.7. The zero-order valence-electron chi connectivity index (χ0n) is 31.9. The molecule has 280 valence electrons. The second kappa shape index (κ2) is 15.8. The molecule has 52 heavy (non-hydrogen) atoms. The van der Waals surface area contributed by atoms with Crippen molar-refractivity contribution in [2.75, 3.05) is 37.1 Å². The number of hydrogen-bond donors (Lipinski definition) is 2. The number of fused-ring (bicyclic) bond motifs is 2. The Balaban J connectivity index is 1.47. The van der Waals surface area contributed by atoms with E-state index in [4.69, 9.17) is 21.1 Å². The first-order valence-electron chi connectivity index (χ1n) is 18.5. The number of carboxylic acid groups (broad SMARTS) is 2. The molecule has 2 heterocycles. The SMILES string of the molecule is COc1ccc2c(c1)C(C)(C)/C(=C\C=C1/CCCC(/C=C/C3(C)N(CCCCC(=O)O)c4ccc(OC)cc4C3(C)C)=C1Cl)N2CCCCC(=O)O. The predicted molar refractivity (Wildman–Crippen MR) is 210 cm³/mol. The molecule has 0 amide bonds. The van der Waals surface area contributed by atoms with Gasteiger partial charge >= 0.3 is 11.9 Å². The molecule has 1 atom stereocenters. The van der Waals surface area contributed by atoms with Crippen LogP contribution in [0.3, 0.4) is 0 Å². The standard InChI is InChI=1S/C43H55ClN2O6/c1-41(2)33-27-31(51-6)18-20-35(33)45(25-10-8-15-38(47)48)37(41)22-17-29-13-12-14-30(40(29)44)23-24-43(5)42(3,4)34-28-32(52-7)19-21-36(34)46(43)26-11-9-16-39(49)50/h17-24,27-28H,8-16,25-26H2,1-7H3,(H,47,48)(H,49,50)/b24-23+,29-17+,37-22+. The van der Waals surface area contributed by atoms with Gasteiger partial charge in [0.25, 0.3) is 0 Å². The van der Waals surface area contributed by atoms with Crippen molar-refractivity contribution in [2.24, 2.45) is 0 Å². The Morgan fingerprint density at radius 2 is 1.40 bits per heavy atom. The van der Waals surface area contributed by atoms with Crippen molar-refractivity contribution in [3.8, 4) is 11.5 Å². The van der Waals surface area contributed by atoms with E-state index in [1.54, 1.807) is 14.2 Å². The number of benzene rings is 2. The van der Waals surface area contributed by atoms with Gasteiger partial charge in [-0.1, -0.05) is 57.5 Å². The predicted octanol–water partition coefficient (Wildman–Crippen LogP) is 9.91. The monoisotopic (exact) mass is 730 g/mol. The molecule has 2 aromatic rings. The summed E-state index contributed by atoms with van der Waals surface area (Å²) >= 11 is 7.26. The summed E-state index contributed by atoms with van der Waals surface area (Å²) in [5, 5.41) is 19.2. The number of anilines is 2. The number of ether oxygens (including phenoxy) is 2. The van der Waals surface area contributed by atoms with Crippen LogP contribution in [-0.4, -0.2) is 55.0 Å². The van der Waals surface area contributed by atoms with Crippen LogP contribution in [0.1, 0.15) is 104 Å². The van der Waals surface area contributed by atoms with Crippen LogP contribution in [0, 0.1) is 0 Å². The smallest absolute Gasteiger partial charge is 0.303 e. The van der Waals surface area contributed by atoms with E-state index in [0.29, 0.717) is 12.8 Å². The molecule has 5 rings (SSSR count). The molecule has 2 aromatic carbocycles. The molecule has 2 N–H and O–H groups in total. The van der Waals surface area contributed by atoms with Gasteiger partial charge in [0.2, 0.25) is 0 Å². The summed E-state index contributed by atoms with van der Waals surface area (Å²) < 4.78 is 11.2. The normalized spacial score (nSPS) is 22.0. The van der Waals surface area contributed by atoms with E-state index < -0.39 is 17.5 Å². The molecule has 1 aliphatic carbocycles. The molecule has 0 spiro atoms. The molecule has 2 aliphatic heterocycles. The number of carbonyl (C=O) groups is 2. The summed E-state index contributed by atoms with van der Waals surface area (Å²) in [7, 11) is 3.37. The van der Waals surface area contributed by atoms with Gasteiger partial charge in [-0.25, -0.2) is 0 Å². The lowest BCUT2D eigenvalue weighted by Crippen LogP contribution is -2.52. The average molecular weight is 731 g/mol. The van der Waals surface area contributed by atoms with E-state index in [9.17, 15) is 19.8 Å². The Morgan fingerprint density at radius 3 is 2.02 bits per heavy atom. The van der Waals surface area contributed by atoms with Crippen LogP contribution in [0.15, 0.2) is 82.6 Å². The number of halogens is 1. The number of hydrogen-bond acceptors (Lipinski definition) is 6. The summed E-state index contributed by atoms with van der Waals surface area (Å²) in [5.41, 5.74) is 7.05. The van der Waals surface area contributed by atoms with Gasteiger partial charge in [0.05, 0.1) is 19.8 Å². The maximum atomic E-state index is 11.3. The molecule has 0 aromatic heterocycles. The van der Waals surface area contributed by atoms with E-state index in [0.717, 1.165) is 89.9 Å². The van der Waals surface area contributed by atoms with Crippen molar-refractivity contribution in [1.29, 1.82) is 0 Å². The molecule has 0 saturated heterocycles. The van der Waals surface area contributed by atoms with Gasteiger partial charge in [-0.2, -0.15) is 0 Å². The van der Waals surface area contributed by atoms with Crippen LogP contribution < -0.4 is 19.3 Å². The lowest BCUT2D eigenvalue weighted by atomic mass is 9.70. The first-order chi connectivity index (χ1) is 24.6. The van der Waals surface area contributed by atoms with E-state index in [1.807, 2.05) is 12.1 Å². The Labute approximate surface area is 314 Å². The van der Waals surface area contributed by atoms with Crippen molar-refractivity contribution < 1.29 is 29.3 Å². The Bertz CT molecular complexity index is 1800. The molecule has 3 aliphatic rings. The molecule has 9 heteroatoms. The number of methoxy groups -OCH3 is 2. The first-order valence-corrected chi connectivity index (χ1v) is 18.9. The molecule has 0 fully saturated rings. The highest BCUT2D eigenvalue weighted by molar-refractivity contribution is 6.32. The maximum Gasteiger partial charge on any atom is 0.303 e. The third kappa shape index (κ3) is 7.64. The molecular formula is C43H55ClN2O6. The lowest BCUT2D eigenvalue weighted by molar-refractivity contribution is -0.138. The van der Waals surface area contributed by atoms with Crippen molar-refractivity contribution in [3.63, 3.8) is 0 Å². The number of unbranched alkanes of at least 4 members (excludes halogenated alkanes) is 2. The number of aliphatic carboxylic acids is 2. The van der Waals surface area contributed by atoms with Gasteiger partial charge in [0.1, 0.15) is 11.5 Å². The van der Waals surface area contributed by atoms with Gasteiger partial charge in [-0.3, -0.25) is 9.59 Å². The first kappa shape index (κ1) is 39.0. The van der Waals surface area contributed by atoms with E-state index >= 15 is 0 Å². The minimum Gasteiger partial charge on any atom is -0.497 e. The van der Waals surface area contributed by atoms with E-state index in [1.165, 1.54) is 11.1 Å². The largest absolute Gasteiger partial charge is 0.497 e. The summed E-state index contributed by atoms with van der Waals surface area (Å²) in [5.74, 6) is 0.0961. The van der Waals surface area contributed by atoms with Crippen molar-refractivity contribution in [3.05, 3.63) is 93.7 Å². The van der Waals surface area contributed by atoms with Crippen LogP contribution in [-0.2, 0) is 20.4 Å². The molecule has 1 unspecified atom stereocenters. The second-order valence-electron chi connectivity index (χ2n) is 15.4. The number of nitrogens with zero attached hydrogens (tertiary/aromatic N) is 2. The van der Waals surface area contributed by atoms with Crippen LogP contribution in [0.5, 0.6) is 11.5 Å². The number of allylic oxidation sites excluding steroid dienone is 7. The fourth-order valence-corrected chi connectivity index (χ4v) is 8.47. The van der Waals surface area contributed by atoms with Crippen LogP contribution in [0.25, 0.3) is 0 Å². The van der Waals surface area contributed by atoms with Gasteiger partial charge in [-0.05, 0) is 117 Å². The summed E-state index contributed by atoms with van der Waals surface area (Å²) in [4.78, 5) is 27.2. The molecule has 0 bridgehead atoms. The van der Waals surface area contributed by atoms with Crippen molar-refractivity contribution >= 4 is 34.9 Å². The van der Waals surface area contributed by atoms with Gasteiger partial charge < -0.3 is 29.5 Å². The maximum absolute atomic E-state index is 11.3. The Morgan fingerprint density at radius 1 is 0.808 bits per heavy atom. The van der Waals surface area contributed by atoms with Crippen LogP contribution in [0.2, 0.25) is 0 Å². The van der Waals surface area contributed by atoms with E-state index in [-0.39, 0.29) is 23.7 Å². The fraction of sp³-hybridized carbons (Fsp3) is 0.488. The number of rotatable bonds is 15. The van der Waals surface area contributed by atoms with Crippen LogP contribution in [0.4, 0.5) is 11.4 Å². The average Bonchev–Trinajstić information content (AvgIpc) is 3.42. The lowest BCUT2D eigenvalue weighted by Gasteiger charge is -2.43. The minimum absolute atomic E-state index is 0.158. The third-order valence-corrected chi connectivity index (χ3v) is 12.1. The zero-order chi connectivity index (χ0) is 37.8. The van der Waals surface area contributed by atoms with Crippen LogP contribution >= 0.6 is 11.6 Å². The Kier molecular flexibility index (Phi) is 11.9. The topological polar surface area (TPSA) is 99.5 Å². The number of carboxylic acids is 2. The van der Waals surface area contributed by atoms with Crippen molar-refractivity contribution in [1.82, 2.24) is 0 Å². The van der Waals surface area contributed by atoms with Gasteiger partial charge in [0, 0.05) is 58.9 Å². The van der Waals surface area contributed by atoms with Gasteiger partial charge in [0.15, 0.2) is 0 Å². The van der Waals surface area contributed by atoms with E-state index in [2.05, 4.69) is 93.0 Å². The van der Waals surface area contributed by atoms with Gasteiger partial charge in [-0.15, -0.1) is 0 Å². The molecular weight excluding hydrogens is 676 g/mol. The summed E-state index contributed by atoms with van der Waals surface area (Å²) in [6, 6.07) is 12.5. The highest BCUT2D eigenvalue weighted by Crippen LogP contribution is 2.54. The molecule has 8 nitrogen and oxygen atoms in total. The molecule has 0 saturated carbocycles. The highest BCUT2D eigenvalue weighted by Gasteiger charge is 2.52. The third-order valence-electron chi connectivity index (χ3n) is 11.6. The minimum atomic E-state index is -0.769. The zero-order valence-corrected chi connectivity index (χ0v) is 32.6. The highest BCUT2D eigenvalue weighted by atomic mass is 35.5. The van der Waals surface area contributed by atoms with Crippen molar-refractivity contribution in [2.45, 2.75) is 109 Å². The Hall–Kier alpha value is -4.17. The molecule has 0 radical (unpaired) electrons. The fourth-order valence-electron chi connectivity index (χ4n) is 8.15.